The summed E-state index contributed by atoms with van der Waals surface area (Å²) in [6.45, 7) is 0. The van der Waals surface area contributed by atoms with Crippen molar-refractivity contribution in [2.24, 2.45) is 7.05 Å². The number of para-hydroxylation sites is 2. The summed E-state index contributed by atoms with van der Waals surface area (Å²) < 4.78 is 4.43. The summed E-state index contributed by atoms with van der Waals surface area (Å²) in [5.74, 6) is 0.882. The number of benzene rings is 6. The first kappa shape index (κ1) is 29.8. The molecule has 0 bridgehead atoms. The molecule has 4 nitrogen and oxygen atoms in total. The van der Waals surface area contributed by atoms with E-state index in [1.807, 2.05) is 30.5 Å². The first-order valence-electron chi connectivity index (χ1n) is 15.7. The van der Waals surface area contributed by atoms with E-state index >= 15 is 0 Å². The van der Waals surface area contributed by atoms with E-state index in [1.165, 1.54) is 27.6 Å². The SMILES string of the molecule is Cn1c(-c2[c-]c3c(cc2)c2c(-c4ccc(-c5ccccc5)cc4)cccc2n3-c2[c-]c(-c3ccccn3)ccc2)nc2ccccc21.[Pt+2]. The van der Waals surface area contributed by atoms with Crippen LogP contribution in [0.3, 0.4) is 0 Å². The Morgan fingerprint density at radius 1 is 0.562 bits per heavy atom. The van der Waals surface area contributed by atoms with Crippen molar-refractivity contribution >= 4 is 32.8 Å². The second kappa shape index (κ2) is 12.2. The summed E-state index contributed by atoms with van der Waals surface area (Å²) in [6, 6.07) is 58.3. The third kappa shape index (κ3) is 4.97. The standard InChI is InChI=1S/C43H28N4.Pt/c1-46-39-18-6-5-17-38(39)45-43(46)33-24-25-36-41(28-33)47(34-14-9-13-32(27-34)37-16-7-8-26-44-37)40-19-10-15-35(42(36)40)31-22-20-30(21-23-31)29-11-3-2-4-12-29;/h2-26H,1H3;/q-2;+2. The van der Waals surface area contributed by atoms with Crippen molar-refractivity contribution in [1.29, 1.82) is 0 Å². The van der Waals surface area contributed by atoms with Gasteiger partial charge in [0.2, 0.25) is 0 Å². The molecule has 0 N–H and O–H groups in total. The van der Waals surface area contributed by atoms with Crippen LogP contribution in [0.5, 0.6) is 0 Å². The number of aryl methyl sites for hydroxylation is 1. The molecule has 3 heterocycles. The third-order valence-electron chi connectivity index (χ3n) is 8.99. The van der Waals surface area contributed by atoms with Crippen molar-refractivity contribution in [2.75, 3.05) is 0 Å². The van der Waals surface area contributed by atoms with Crippen LogP contribution in [0, 0.1) is 12.1 Å². The third-order valence-corrected chi connectivity index (χ3v) is 8.99. The van der Waals surface area contributed by atoms with Crippen LogP contribution in [0.2, 0.25) is 0 Å². The molecule has 6 aromatic carbocycles. The molecule has 0 unspecified atom stereocenters. The average molecular weight is 796 g/mol. The van der Waals surface area contributed by atoms with Crippen LogP contribution in [0.4, 0.5) is 0 Å². The van der Waals surface area contributed by atoms with Crippen molar-refractivity contribution in [2.45, 2.75) is 0 Å². The topological polar surface area (TPSA) is 35.6 Å². The summed E-state index contributed by atoms with van der Waals surface area (Å²) in [4.78, 5) is 9.61. The van der Waals surface area contributed by atoms with Crippen molar-refractivity contribution in [1.82, 2.24) is 19.1 Å². The van der Waals surface area contributed by atoms with Gasteiger partial charge in [-0.3, -0.25) is 4.98 Å². The van der Waals surface area contributed by atoms with Crippen LogP contribution in [0.15, 0.2) is 152 Å². The van der Waals surface area contributed by atoms with Gasteiger partial charge < -0.3 is 14.1 Å². The zero-order valence-electron chi connectivity index (χ0n) is 26.0. The molecular weight excluding hydrogens is 768 g/mol. The summed E-state index contributed by atoms with van der Waals surface area (Å²) in [5, 5.41) is 2.31. The van der Waals surface area contributed by atoms with Crippen molar-refractivity contribution in [3.05, 3.63) is 164 Å². The molecule has 9 aromatic rings. The molecule has 0 aliphatic carbocycles. The Hall–Kier alpha value is -5.57. The molecule has 0 atom stereocenters. The van der Waals surface area contributed by atoms with E-state index in [-0.39, 0.29) is 21.1 Å². The Morgan fingerprint density at radius 3 is 2.10 bits per heavy atom. The second-order valence-corrected chi connectivity index (χ2v) is 11.8. The number of hydrogen-bond donors (Lipinski definition) is 0. The Morgan fingerprint density at radius 2 is 1.29 bits per heavy atom. The fraction of sp³-hybridized carbons (Fsp3) is 0.0233. The maximum Gasteiger partial charge on any atom is 2.00 e. The molecule has 5 heteroatoms. The van der Waals surface area contributed by atoms with E-state index < -0.39 is 0 Å². The van der Waals surface area contributed by atoms with Crippen molar-refractivity contribution in [3.63, 3.8) is 0 Å². The summed E-state index contributed by atoms with van der Waals surface area (Å²) in [5.41, 5.74) is 12.6. The van der Waals surface area contributed by atoms with Gasteiger partial charge in [0.15, 0.2) is 0 Å². The molecule has 0 amide bonds. The number of rotatable bonds is 5. The van der Waals surface area contributed by atoms with E-state index in [0.717, 1.165) is 55.8 Å². The quantitative estimate of drug-likeness (QED) is 0.163. The van der Waals surface area contributed by atoms with E-state index in [9.17, 15) is 0 Å². The van der Waals surface area contributed by atoms with Gasteiger partial charge >= 0.3 is 21.1 Å². The minimum Gasteiger partial charge on any atom is -0.367 e. The number of imidazole rings is 1. The van der Waals surface area contributed by atoms with Crippen molar-refractivity contribution in [3.8, 4) is 50.6 Å². The molecule has 9 rings (SSSR count). The van der Waals surface area contributed by atoms with Crippen molar-refractivity contribution < 1.29 is 21.1 Å². The summed E-state index contributed by atoms with van der Waals surface area (Å²) in [7, 11) is 2.07. The number of fused-ring (bicyclic) bond motifs is 4. The molecule has 230 valence electrons. The minimum absolute atomic E-state index is 0. The predicted octanol–water partition coefficient (Wildman–Crippen LogP) is 10.3. The van der Waals surface area contributed by atoms with Gasteiger partial charge in [0.1, 0.15) is 0 Å². The Bertz CT molecular complexity index is 2570. The van der Waals surface area contributed by atoms with Gasteiger partial charge in [-0.1, -0.05) is 96.4 Å². The van der Waals surface area contributed by atoms with Crippen LogP contribution >= 0.6 is 0 Å². The van der Waals surface area contributed by atoms with Gasteiger partial charge in [0.05, 0.1) is 16.9 Å². The molecule has 0 saturated heterocycles. The maximum atomic E-state index is 5.00. The van der Waals surface area contributed by atoms with Crippen LogP contribution in [0.25, 0.3) is 83.4 Å². The monoisotopic (exact) mass is 795 g/mol. The van der Waals surface area contributed by atoms with E-state index in [0.29, 0.717) is 0 Å². The average Bonchev–Trinajstić information content (AvgIpc) is 3.66. The van der Waals surface area contributed by atoms with Crippen LogP contribution < -0.4 is 0 Å². The summed E-state index contributed by atoms with van der Waals surface area (Å²) >= 11 is 0. The van der Waals surface area contributed by atoms with Crippen LogP contribution in [-0.4, -0.2) is 19.1 Å². The largest absolute Gasteiger partial charge is 2.00 e. The van der Waals surface area contributed by atoms with Gasteiger partial charge in [-0.15, -0.1) is 53.6 Å². The zero-order valence-corrected chi connectivity index (χ0v) is 28.3. The Labute approximate surface area is 293 Å². The molecule has 0 spiro atoms. The molecule has 0 saturated carbocycles. The molecule has 0 radical (unpaired) electrons. The molecule has 48 heavy (non-hydrogen) atoms. The smallest absolute Gasteiger partial charge is 0.367 e. The number of nitrogens with zero attached hydrogens (tertiary/aromatic N) is 4. The maximum absolute atomic E-state index is 5.00. The van der Waals surface area contributed by atoms with Gasteiger partial charge in [0, 0.05) is 18.8 Å². The van der Waals surface area contributed by atoms with E-state index in [4.69, 9.17) is 4.98 Å². The fourth-order valence-electron chi connectivity index (χ4n) is 6.73. The zero-order chi connectivity index (χ0) is 31.3. The Balaban J connectivity index is 0.00000336. The van der Waals surface area contributed by atoms with E-state index in [1.54, 1.807) is 0 Å². The first-order chi connectivity index (χ1) is 23.2. The van der Waals surface area contributed by atoms with E-state index in [2.05, 4.69) is 155 Å². The van der Waals surface area contributed by atoms with Crippen LogP contribution in [-0.2, 0) is 28.1 Å². The normalized spacial score (nSPS) is 11.3. The van der Waals surface area contributed by atoms with Crippen LogP contribution in [0.1, 0.15) is 0 Å². The number of aromatic nitrogens is 4. The fourth-order valence-corrected chi connectivity index (χ4v) is 6.73. The molecular formula is C43H28N4Pt. The second-order valence-electron chi connectivity index (χ2n) is 11.8. The van der Waals surface area contributed by atoms with Gasteiger partial charge in [-0.05, 0) is 68.8 Å². The molecule has 0 fully saturated rings. The predicted molar refractivity (Wildman–Crippen MR) is 192 cm³/mol. The Kier molecular flexibility index (Phi) is 7.59. The number of pyridine rings is 1. The summed E-state index contributed by atoms with van der Waals surface area (Å²) in [6.07, 6.45) is 1.82. The van der Waals surface area contributed by atoms with Gasteiger partial charge in [-0.2, -0.15) is 0 Å². The first-order valence-corrected chi connectivity index (χ1v) is 15.7. The van der Waals surface area contributed by atoms with Gasteiger partial charge in [-0.25, -0.2) is 0 Å². The van der Waals surface area contributed by atoms with Gasteiger partial charge in [0.25, 0.3) is 0 Å². The molecule has 3 aromatic heterocycles. The number of hydrogen-bond acceptors (Lipinski definition) is 2. The molecule has 0 aliphatic heterocycles. The minimum atomic E-state index is 0. The molecule has 0 aliphatic rings.